The van der Waals surface area contributed by atoms with E-state index in [1.54, 1.807) is 30.2 Å². The van der Waals surface area contributed by atoms with E-state index in [-0.39, 0.29) is 17.7 Å². The van der Waals surface area contributed by atoms with Crippen molar-refractivity contribution in [2.75, 3.05) is 23.9 Å². The third kappa shape index (κ3) is 7.79. The number of halogens is 2. The summed E-state index contributed by atoms with van der Waals surface area (Å²) in [5.74, 6) is -0.0806. The molecular weight excluding hydrogens is 649 g/mol. The lowest BCUT2D eigenvalue weighted by Crippen LogP contribution is -2.42. The van der Waals surface area contributed by atoms with Crippen molar-refractivity contribution in [3.8, 4) is 5.75 Å². The summed E-state index contributed by atoms with van der Waals surface area (Å²) in [5.41, 5.74) is 1.85. The second kappa shape index (κ2) is 13.2. The third-order valence-corrected chi connectivity index (χ3v) is 7.93. The molecular formula is C29H33ClIN3O4S. The molecule has 0 saturated heterocycles. The smallest absolute Gasteiger partial charge is 0.260 e. The predicted molar refractivity (Wildman–Crippen MR) is 166 cm³/mol. The highest BCUT2D eigenvalue weighted by Gasteiger charge is 2.31. The van der Waals surface area contributed by atoms with Gasteiger partial charge < -0.3 is 14.4 Å². The van der Waals surface area contributed by atoms with Crippen LogP contribution in [0.2, 0.25) is 5.02 Å². The van der Waals surface area contributed by atoms with Crippen LogP contribution in [0, 0.1) is 14.9 Å². The maximum Gasteiger partial charge on any atom is 0.260 e. The maximum absolute atomic E-state index is 13.4. The number of nitrogens with zero attached hydrogens (tertiary/aromatic N) is 2. The summed E-state index contributed by atoms with van der Waals surface area (Å²) in [6.07, 6.45) is 1.22. The molecule has 1 aromatic heterocycles. The number of thiazole rings is 1. The molecule has 39 heavy (non-hydrogen) atoms. The number of carbonyl (C=O) groups excluding carboxylic acids is 3. The van der Waals surface area contributed by atoms with Crippen molar-refractivity contribution in [2.45, 2.75) is 47.0 Å². The molecule has 7 nitrogen and oxygen atoms in total. The molecule has 0 spiro atoms. The van der Waals surface area contributed by atoms with Gasteiger partial charge in [0, 0.05) is 33.2 Å². The van der Waals surface area contributed by atoms with Gasteiger partial charge in [-0.05, 0) is 58.3 Å². The Kier molecular flexibility index (Phi) is 10.5. The van der Waals surface area contributed by atoms with Gasteiger partial charge in [-0.2, -0.15) is 0 Å². The van der Waals surface area contributed by atoms with E-state index in [9.17, 15) is 14.4 Å². The van der Waals surface area contributed by atoms with Gasteiger partial charge in [0.1, 0.15) is 12.0 Å². The second-order valence-electron chi connectivity index (χ2n) is 10.6. The van der Waals surface area contributed by atoms with Crippen LogP contribution in [-0.4, -0.2) is 36.7 Å². The number of anilines is 2. The molecule has 0 aliphatic heterocycles. The SMILES string of the molecule is COc1ccc(C(C=O)Cc2csc(NC(=O)c3c(Cl)cccc3I)n2)cc1N(CC(C)C)C(=O)C(C)(C)C. The predicted octanol–water partition coefficient (Wildman–Crippen LogP) is 7.22. The van der Waals surface area contributed by atoms with Crippen LogP contribution in [0.5, 0.6) is 5.75 Å². The molecule has 2 aromatic carbocycles. The molecule has 1 N–H and O–H groups in total. The number of nitrogens with one attached hydrogen (secondary N) is 1. The van der Waals surface area contributed by atoms with Crippen molar-refractivity contribution in [2.24, 2.45) is 11.3 Å². The summed E-state index contributed by atoms with van der Waals surface area (Å²) < 4.78 is 6.35. The standard InChI is InChI=1S/C29H33ClIN3O4S/c1-17(2)14-34(27(37)29(3,4)5)23-13-18(10-11-24(23)38-6)19(15-35)12-20-16-39-28(32-20)33-26(36)25-21(30)8-7-9-22(25)31/h7-11,13,15-17,19H,12,14H2,1-6H3,(H,32,33,36). The van der Waals surface area contributed by atoms with Crippen molar-refractivity contribution in [1.82, 2.24) is 4.98 Å². The lowest BCUT2D eigenvalue weighted by Gasteiger charge is -2.32. The fourth-order valence-electron chi connectivity index (χ4n) is 4.01. The Balaban J connectivity index is 1.87. The zero-order valence-electron chi connectivity index (χ0n) is 22.9. The number of carbonyl (C=O) groups is 3. The van der Waals surface area contributed by atoms with Crippen molar-refractivity contribution in [3.63, 3.8) is 0 Å². The number of amides is 2. The van der Waals surface area contributed by atoms with E-state index in [2.05, 4.69) is 46.7 Å². The van der Waals surface area contributed by atoms with Gasteiger partial charge in [-0.1, -0.05) is 58.4 Å². The number of aromatic nitrogens is 1. The van der Waals surface area contributed by atoms with E-state index >= 15 is 0 Å². The van der Waals surface area contributed by atoms with Crippen LogP contribution in [0.25, 0.3) is 0 Å². The number of benzene rings is 2. The highest BCUT2D eigenvalue weighted by molar-refractivity contribution is 14.1. The average molecular weight is 682 g/mol. The molecule has 2 amide bonds. The molecule has 208 valence electrons. The zero-order chi connectivity index (χ0) is 28.9. The van der Waals surface area contributed by atoms with Gasteiger partial charge in [-0.15, -0.1) is 11.3 Å². The Bertz CT molecular complexity index is 1330. The van der Waals surface area contributed by atoms with Crippen LogP contribution in [0.1, 0.15) is 62.2 Å². The molecule has 0 fully saturated rings. The normalized spacial score (nSPS) is 12.2. The number of methoxy groups -OCH3 is 1. The number of aldehydes is 1. The number of rotatable bonds is 10. The van der Waals surface area contributed by atoms with Gasteiger partial charge in [-0.3, -0.25) is 14.9 Å². The van der Waals surface area contributed by atoms with E-state index in [0.29, 0.717) is 45.8 Å². The number of ether oxygens (including phenoxy) is 1. The molecule has 0 bridgehead atoms. The first-order valence-electron chi connectivity index (χ1n) is 12.5. The van der Waals surface area contributed by atoms with Gasteiger partial charge in [0.25, 0.3) is 5.91 Å². The van der Waals surface area contributed by atoms with Crippen LogP contribution >= 0.6 is 45.5 Å². The fraction of sp³-hybridized carbons (Fsp3) is 0.379. The Morgan fingerprint density at radius 3 is 2.54 bits per heavy atom. The topological polar surface area (TPSA) is 88.6 Å². The maximum atomic E-state index is 13.4. The van der Waals surface area contributed by atoms with E-state index in [4.69, 9.17) is 16.3 Å². The summed E-state index contributed by atoms with van der Waals surface area (Å²) in [7, 11) is 1.57. The van der Waals surface area contributed by atoms with Crippen LogP contribution in [0.15, 0.2) is 41.8 Å². The summed E-state index contributed by atoms with van der Waals surface area (Å²) in [4.78, 5) is 44.7. The minimum absolute atomic E-state index is 0.0256. The Morgan fingerprint density at radius 1 is 1.23 bits per heavy atom. The molecule has 3 rings (SSSR count). The Labute approximate surface area is 252 Å². The van der Waals surface area contributed by atoms with E-state index in [1.165, 1.54) is 11.3 Å². The highest BCUT2D eigenvalue weighted by atomic mass is 127. The zero-order valence-corrected chi connectivity index (χ0v) is 26.6. The van der Waals surface area contributed by atoms with Crippen LogP contribution in [0.3, 0.4) is 0 Å². The lowest BCUT2D eigenvalue weighted by atomic mass is 9.92. The minimum atomic E-state index is -0.594. The van der Waals surface area contributed by atoms with Crippen molar-refractivity contribution in [1.29, 1.82) is 0 Å². The molecule has 1 heterocycles. The van der Waals surface area contributed by atoms with Gasteiger partial charge in [0.2, 0.25) is 5.91 Å². The largest absolute Gasteiger partial charge is 0.495 e. The van der Waals surface area contributed by atoms with Crippen molar-refractivity contribution in [3.05, 3.63) is 67.2 Å². The first-order valence-corrected chi connectivity index (χ1v) is 14.8. The van der Waals surface area contributed by atoms with Crippen LogP contribution in [-0.2, 0) is 16.0 Å². The molecule has 0 aliphatic carbocycles. The van der Waals surface area contributed by atoms with Gasteiger partial charge in [-0.25, -0.2) is 4.98 Å². The molecule has 1 unspecified atom stereocenters. The van der Waals surface area contributed by atoms with Crippen molar-refractivity contribution < 1.29 is 19.1 Å². The number of hydrogen-bond donors (Lipinski definition) is 1. The molecule has 0 aliphatic rings. The molecule has 3 aromatic rings. The fourth-order valence-corrected chi connectivity index (χ4v) is 5.89. The number of hydrogen-bond acceptors (Lipinski definition) is 6. The highest BCUT2D eigenvalue weighted by Crippen LogP contribution is 2.36. The quantitative estimate of drug-likeness (QED) is 0.180. The van der Waals surface area contributed by atoms with E-state index in [1.807, 2.05) is 44.4 Å². The van der Waals surface area contributed by atoms with E-state index in [0.717, 1.165) is 15.4 Å². The summed E-state index contributed by atoms with van der Waals surface area (Å²) >= 11 is 9.58. The molecule has 0 saturated carbocycles. The Morgan fingerprint density at radius 2 is 1.95 bits per heavy atom. The van der Waals surface area contributed by atoms with Gasteiger partial charge in [0.15, 0.2) is 5.13 Å². The van der Waals surface area contributed by atoms with E-state index < -0.39 is 11.3 Å². The van der Waals surface area contributed by atoms with Gasteiger partial charge in [0.05, 0.1) is 29.1 Å². The minimum Gasteiger partial charge on any atom is -0.495 e. The van der Waals surface area contributed by atoms with Crippen molar-refractivity contribution >= 4 is 74.4 Å². The molecule has 1 atom stereocenters. The van der Waals surface area contributed by atoms with Crippen LogP contribution in [0.4, 0.5) is 10.8 Å². The monoisotopic (exact) mass is 681 g/mol. The summed E-state index contributed by atoms with van der Waals surface area (Å²) in [5, 5.41) is 5.41. The molecule has 10 heteroatoms. The summed E-state index contributed by atoms with van der Waals surface area (Å²) in [6.45, 7) is 10.3. The molecule has 0 radical (unpaired) electrons. The average Bonchev–Trinajstić information content (AvgIpc) is 3.31. The second-order valence-corrected chi connectivity index (χ2v) is 13.1. The van der Waals surface area contributed by atoms with Gasteiger partial charge >= 0.3 is 0 Å². The third-order valence-electron chi connectivity index (χ3n) is 5.91. The summed E-state index contributed by atoms with van der Waals surface area (Å²) in [6, 6.07) is 10.8. The first kappa shape index (κ1) is 31.0. The first-order chi connectivity index (χ1) is 18.3. The van der Waals surface area contributed by atoms with Crippen LogP contribution < -0.4 is 15.0 Å². The lowest BCUT2D eigenvalue weighted by molar-refractivity contribution is -0.125. The Hall–Kier alpha value is -2.50.